The van der Waals surface area contributed by atoms with Crippen LogP contribution in [0.2, 0.25) is 5.02 Å². The molecule has 1 fully saturated rings. The van der Waals surface area contributed by atoms with Gasteiger partial charge >= 0.3 is 5.97 Å². The van der Waals surface area contributed by atoms with Gasteiger partial charge in [0.25, 0.3) is 5.91 Å². The van der Waals surface area contributed by atoms with Crippen LogP contribution in [-0.4, -0.2) is 59.9 Å². The second kappa shape index (κ2) is 8.48. The summed E-state index contributed by atoms with van der Waals surface area (Å²) in [5.74, 6) is -0.996. The molecule has 1 saturated heterocycles. The third kappa shape index (κ3) is 4.54. The van der Waals surface area contributed by atoms with Gasteiger partial charge < -0.3 is 19.1 Å². The van der Waals surface area contributed by atoms with Crippen LogP contribution in [-0.2, 0) is 16.6 Å². The first kappa shape index (κ1) is 19.9. The Morgan fingerprint density at radius 2 is 1.82 bits per heavy atom. The first-order chi connectivity index (χ1) is 13.3. The predicted molar refractivity (Wildman–Crippen MR) is 106 cm³/mol. The predicted octanol–water partition coefficient (Wildman–Crippen LogP) is 2.39. The quantitative estimate of drug-likeness (QED) is 0.566. The molecule has 0 N–H and O–H groups in total. The van der Waals surface area contributed by atoms with Crippen molar-refractivity contribution in [2.75, 3.05) is 37.7 Å². The number of carbonyl (C=O) groups is 3. The maximum absolute atomic E-state index is 12.4. The molecule has 1 aromatic heterocycles. The van der Waals surface area contributed by atoms with Crippen molar-refractivity contribution in [2.45, 2.75) is 6.92 Å². The second-order valence-corrected chi connectivity index (χ2v) is 7.14. The standard InChI is InChI=1S/C20H22ClN3O4/c1-14(25)15-10-18(22(2)12-15)20(27)28-13-19(26)24-8-6-23(7-9-24)17-5-3-4-16(21)11-17/h3-5,10-12H,6-9,13H2,1-2H3. The van der Waals surface area contributed by atoms with E-state index in [0.29, 0.717) is 36.8 Å². The fourth-order valence-electron chi connectivity index (χ4n) is 3.14. The van der Waals surface area contributed by atoms with E-state index in [0.717, 1.165) is 5.69 Å². The zero-order valence-corrected chi connectivity index (χ0v) is 16.6. The summed E-state index contributed by atoms with van der Waals surface area (Å²) in [4.78, 5) is 39.8. The van der Waals surface area contributed by atoms with Gasteiger partial charge in [-0.05, 0) is 31.2 Å². The molecule has 0 saturated carbocycles. The van der Waals surface area contributed by atoms with Gasteiger partial charge in [0.05, 0.1) is 0 Å². The topological polar surface area (TPSA) is 71.8 Å². The molecule has 0 spiro atoms. The molecular formula is C20H22ClN3O4. The molecular weight excluding hydrogens is 382 g/mol. The Morgan fingerprint density at radius 1 is 1.11 bits per heavy atom. The molecule has 0 radical (unpaired) electrons. The molecule has 0 unspecified atom stereocenters. The average Bonchev–Trinajstić information content (AvgIpc) is 3.08. The number of amides is 1. The number of halogens is 1. The SMILES string of the molecule is CC(=O)c1cc(C(=O)OCC(=O)N2CCN(c3cccc(Cl)c3)CC2)n(C)c1. The number of anilines is 1. The summed E-state index contributed by atoms with van der Waals surface area (Å²) in [5, 5.41) is 0.677. The molecule has 28 heavy (non-hydrogen) atoms. The minimum atomic E-state index is -0.624. The smallest absolute Gasteiger partial charge is 0.355 e. The van der Waals surface area contributed by atoms with Crippen LogP contribution in [0.4, 0.5) is 5.69 Å². The average molecular weight is 404 g/mol. The highest BCUT2D eigenvalue weighted by atomic mass is 35.5. The van der Waals surface area contributed by atoms with Crippen molar-refractivity contribution in [1.29, 1.82) is 0 Å². The Balaban J connectivity index is 1.51. The first-order valence-electron chi connectivity index (χ1n) is 8.98. The summed E-state index contributed by atoms with van der Waals surface area (Å²) in [6.07, 6.45) is 1.57. The van der Waals surface area contributed by atoms with E-state index in [2.05, 4.69) is 4.90 Å². The van der Waals surface area contributed by atoms with Gasteiger partial charge in [-0.3, -0.25) is 9.59 Å². The van der Waals surface area contributed by atoms with Gasteiger partial charge in [-0.1, -0.05) is 17.7 Å². The molecule has 1 aromatic carbocycles. The lowest BCUT2D eigenvalue weighted by molar-refractivity contribution is -0.134. The van der Waals surface area contributed by atoms with E-state index in [1.807, 2.05) is 24.3 Å². The fourth-order valence-corrected chi connectivity index (χ4v) is 3.32. The van der Waals surface area contributed by atoms with E-state index in [9.17, 15) is 14.4 Å². The minimum Gasteiger partial charge on any atom is -0.451 e. The lowest BCUT2D eigenvalue weighted by Crippen LogP contribution is -2.49. The number of aromatic nitrogens is 1. The van der Waals surface area contributed by atoms with Crippen LogP contribution in [0.25, 0.3) is 0 Å². The van der Waals surface area contributed by atoms with Gasteiger partial charge in [0, 0.05) is 55.7 Å². The largest absolute Gasteiger partial charge is 0.451 e. The van der Waals surface area contributed by atoms with E-state index < -0.39 is 5.97 Å². The molecule has 7 nitrogen and oxygen atoms in total. The maximum Gasteiger partial charge on any atom is 0.355 e. The van der Waals surface area contributed by atoms with Crippen LogP contribution in [0.3, 0.4) is 0 Å². The summed E-state index contributed by atoms with van der Waals surface area (Å²) in [6, 6.07) is 9.08. The van der Waals surface area contributed by atoms with Gasteiger partial charge in [-0.25, -0.2) is 4.79 Å². The van der Waals surface area contributed by atoms with Crippen molar-refractivity contribution in [3.05, 3.63) is 52.8 Å². The van der Waals surface area contributed by atoms with Crippen molar-refractivity contribution in [3.8, 4) is 0 Å². The Bertz CT molecular complexity index is 901. The Kier molecular flexibility index (Phi) is 6.04. The second-order valence-electron chi connectivity index (χ2n) is 6.70. The van der Waals surface area contributed by atoms with Gasteiger partial charge in [-0.2, -0.15) is 0 Å². The third-order valence-corrected chi connectivity index (χ3v) is 4.99. The molecule has 148 valence electrons. The number of hydrogen-bond acceptors (Lipinski definition) is 5. The Morgan fingerprint density at radius 3 is 2.43 bits per heavy atom. The van der Waals surface area contributed by atoms with Crippen molar-refractivity contribution in [3.63, 3.8) is 0 Å². The number of ether oxygens (including phenoxy) is 1. The van der Waals surface area contributed by atoms with E-state index >= 15 is 0 Å². The molecule has 1 aliphatic rings. The highest BCUT2D eigenvalue weighted by molar-refractivity contribution is 6.30. The zero-order chi connectivity index (χ0) is 20.3. The number of Topliss-reactive ketones (excluding diaryl/α,β-unsaturated/α-hetero) is 1. The number of carbonyl (C=O) groups excluding carboxylic acids is 3. The molecule has 0 bridgehead atoms. The summed E-state index contributed by atoms with van der Waals surface area (Å²) in [5.41, 5.74) is 1.69. The van der Waals surface area contributed by atoms with Crippen LogP contribution in [0, 0.1) is 0 Å². The van der Waals surface area contributed by atoms with Crippen molar-refractivity contribution >= 4 is 34.9 Å². The number of piperazine rings is 1. The van der Waals surface area contributed by atoms with Crippen molar-refractivity contribution < 1.29 is 19.1 Å². The molecule has 1 aliphatic heterocycles. The maximum atomic E-state index is 12.4. The number of aryl methyl sites for hydroxylation is 1. The van der Waals surface area contributed by atoms with Crippen LogP contribution >= 0.6 is 11.6 Å². The highest BCUT2D eigenvalue weighted by Gasteiger charge is 2.23. The monoisotopic (exact) mass is 403 g/mol. The van der Waals surface area contributed by atoms with Crippen LogP contribution in [0.15, 0.2) is 36.5 Å². The van der Waals surface area contributed by atoms with Crippen molar-refractivity contribution in [1.82, 2.24) is 9.47 Å². The summed E-state index contributed by atoms with van der Waals surface area (Å²) < 4.78 is 6.67. The number of ketones is 1. The van der Waals surface area contributed by atoms with E-state index in [4.69, 9.17) is 16.3 Å². The zero-order valence-electron chi connectivity index (χ0n) is 15.9. The van der Waals surface area contributed by atoms with Crippen LogP contribution < -0.4 is 4.90 Å². The first-order valence-corrected chi connectivity index (χ1v) is 9.35. The number of rotatable bonds is 5. The van der Waals surface area contributed by atoms with E-state index in [1.165, 1.54) is 17.6 Å². The summed E-state index contributed by atoms with van der Waals surface area (Å²) >= 11 is 6.03. The molecule has 1 amide bonds. The number of hydrogen-bond donors (Lipinski definition) is 0. The van der Waals surface area contributed by atoms with Gasteiger partial charge in [0.2, 0.25) is 0 Å². The fraction of sp³-hybridized carbons (Fsp3) is 0.350. The minimum absolute atomic E-state index is 0.136. The van der Waals surface area contributed by atoms with Gasteiger partial charge in [0.1, 0.15) is 5.69 Å². The number of nitrogens with zero attached hydrogens (tertiary/aromatic N) is 3. The molecule has 2 aromatic rings. The normalized spacial score (nSPS) is 14.1. The lowest BCUT2D eigenvalue weighted by atomic mass is 10.2. The summed E-state index contributed by atoms with van der Waals surface area (Å²) in [6.45, 7) is 3.55. The molecule has 8 heteroatoms. The van der Waals surface area contributed by atoms with Crippen LogP contribution in [0.5, 0.6) is 0 Å². The number of benzene rings is 1. The van der Waals surface area contributed by atoms with Gasteiger partial charge in [0.15, 0.2) is 12.4 Å². The number of esters is 1. The Hall–Kier alpha value is -2.80. The molecule has 0 aliphatic carbocycles. The van der Waals surface area contributed by atoms with E-state index in [-0.39, 0.29) is 24.0 Å². The van der Waals surface area contributed by atoms with Crippen molar-refractivity contribution in [2.24, 2.45) is 7.05 Å². The van der Waals surface area contributed by atoms with Crippen LogP contribution in [0.1, 0.15) is 27.8 Å². The third-order valence-electron chi connectivity index (χ3n) is 4.75. The molecule has 2 heterocycles. The lowest BCUT2D eigenvalue weighted by Gasteiger charge is -2.36. The summed E-state index contributed by atoms with van der Waals surface area (Å²) in [7, 11) is 1.65. The molecule has 3 rings (SSSR count). The highest BCUT2D eigenvalue weighted by Crippen LogP contribution is 2.20. The Labute approximate surface area is 168 Å². The molecule has 0 atom stereocenters. The van der Waals surface area contributed by atoms with Gasteiger partial charge in [-0.15, -0.1) is 0 Å². The van der Waals surface area contributed by atoms with E-state index in [1.54, 1.807) is 18.1 Å².